The summed E-state index contributed by atoms with van der Waals surface area (Å²) in [5.41, 5.74) is 0.594. The van der Waals surface area contributed by atoms with Gasteiger partial charge in [-0.15, -0.1) is 0 Å². The van der Waals surface area contributed by atoms with Gasteiger partial charge in [-0.25, -0.2) is 0 Å². The van der Waals surface area contributed by atoms with Gasteiger partial charge in [-0.2, -0.15) is 0 Å². The minimum Gasteiger partial charge on any atom is -0.352 e. The Morgan fingerprint density at radius 1 is 1.04 bits per heavy atom. The highest BCUT2D eigenvalue weighted by molar-refractivity contribution is 6.30. The molecule has 3 rings (SSSR count). The fourth-order valence-electron chi connectivity index (χ4n) is 3.51. The number of carbonyl (C=O) groups is 2. The van der Waals surface area contributed by atoms with E-state index in [1.165, 1.54) is 12.8 Å². The molecule has 2 amide bonds. The molecule has 0 saturated heterocycles. The van der Waals surface area contributed by atoms with Gasteiger partial charge in [0.05, 0.1) is 0 Å². The first-order valence-electron chi connectivity index (χ1n) is 9.00. The van der Waals surface area contributed by atoms with Crippen molar-refractivity contribution in [1.29, 1.82) is 0 Å². The Bertz CT molecular complexity index is 578. The zero-order valence-electron chi connectivity index (χ0n) is 14.0. The monoisotopic (exact) mass is 348 g/mol. The van der Waals surface area contributed by atoms with Gasteiger partial charge in [-0.05, 0) is 56.4 Å². The van der Waals surface area contributed by atoms with Gasteiger partial charge in [-0.1, -0.05) is 24.4 Å². The van der Waals surface area contributed by atoms with E-state index in [4.69, 9.17) is 11.6 Å². The SMILES string of the molecule is O=C(NCCCC(=O)N(C1CCCC1)C1CC1)c1ccc(Cl)cc1. The molecule has 130 valence electrons. The van der Waals surface area contributed by atoms with E-state index in [-0.39, 0.29) is 11.8 Å². The zero-order chi connectivity index (χ0) is 16.9. The van der Waals surface area contributed by atoms with E-state index in [0.717, 1.165) is 25.7 Å². The molecule has 0 heterocycles. The number of amides is 2. The van der Waals surface area contributed by atoms with Gasteiger partial charge in [0.1, 0.15) is 0 Å². The van der Waals surface area contributed by atoms with Crippen LogP contribution in [0.4, 0.5) is 0 Å². The molecule has 2 saturated carbocycles. The molecular formula is C19H25ClN2O2. The molecule has 0 aliphatic heterocycles. The zero-order valence-corrected chi connectivity index (χ0v) is 14.7. The standard InChI is InChI=1S/C19H25ClN2O2/c20-15-9-7-14(8-10-15)19(24)21-13-3-6-18(23)22(17-11-12-17)16-4-1-2-5-16/h7-10,16-17H,1-6,11-13H2,(H,21,24). The first kappa shape index (κ1) is 17.3. The van der Waals surface area contributed by atoms with E-state index in [0.29, 0.717) is 42.1 Å². The van der Waals surface area contributed by atoms with Crippen LogP contribution in [0.2, 0.25) is 5.02 Å². The second kappa shape index (κ2) is 8.02. The molecule has 1 N–H and O–H groups in total. The lowest BCUT2D eigenvalue weighted by atomic mass is 10.1. The maximum absolute atomic E-state index is 12.6. The van der Waals surface area contributed by atoms with Crippen molar-refractivity contribution in [3.05, 3.63) is 34.9 Å². The van der Waals surface area contributed by atoms with Crippen LogP contribution in [0.15, 0.2) is 24.3 Å². The van der Waals surface area contributed by atoms with Gasteiger partial charge < -0.3 is 10.2 Å². The molecule has 24 heavy (non-hydrogen) atoms. The van der Waals surface area contributed by atoms with Crippen molar-refractivity contribution >= 4 is 23.4 Å². The van der Waals surface area contributed by atoms with Crippen molar-refractivity contribution in [3.8, 4) is 0 Å². The summed E-state index contributed by atoms with van der Waals surface area (Å²) in [5.74, 6) is 0.152. The van der Waals surface area contributed by atoms with Gasteiger partial charge >= 0.3 is 0 Å². The number of hydrogen-bond acceptors (Lipinski definition) is 2. The van der Waals surface area contributed by atoms with Crippen molar-refractivity contribution in [2.24, 2.45) is 0 Å². The number of benzene rings is 1. The molecule has 0 atom stereocenters. The van der Waals surface area contributed by atoms with E-state index in [9.17, 15) is 9.59 Å². The highest BCUT2D eigenvalue weighted by Crippen LogP contribution is 2.34. The molecule has 4 nitrogen and oxygen atoms in total. The Morgan fingerprint density at radius 3 is 2.29 bits per heavy atom. The van der Waals surface area contributed by atoms with E-state index in [1.54, 1.807) is 24.3 Å². The van der Waals surface area contributed by atoms with Crippen molar-refractivity contribution in [3.63, 3.8) is 0 Å². The number of hydrogen-bond donors (Lipinski definition) is 1. The molecule has 1 aromatic rings. The second-order valence-corrected chi connectivity index (χ2v) is 7.27. The van der Waals surface area contributed by atoms with Crippen LogP contribution in [-0.4, -0.2) is 35.3 Å². The topological polar surface area (TPSA) is 49.4 Å². The number of rotatable bonds is 7. The van der Waals surface area contributed by atoms with Crippen LogP contribution >= 0.6 is 11.6 Å². The average molecular weight is 349 g/mol. The lowest BCUT2D eigenvalue weighted by molar-refractivity contribution is -0.134. The summed E-state index contributed by atoms with van der Waals surface area (Å²) in [6.45, 7) is 0.524. The molecule has 2 aliphatic carbocycles. The lowest BCUT2D eigenvalue weighted by Crippen LogP contribution is -2.40. The first-order chi connectivity index (χ1) is 11.6. The van der Waals surface area contributed by atoms with Gasteiger partial charge in [0, 0.05) is 35.6 Å². The number of nitrogens with one attached hydrogen (secondary N) is 1. The quantitative estimate of drug-likeness (QED) is 0.762. The van der Waals surface area contributed by atoms with Gasteiger partial charge in [0.25, 0.3) is 5.91 Å². The molecule has 0 radical (unpaired) electrons. The molecule has 0 spiro atoms. The van der Waals surface area contributed by atoms with Crippen molar-refractivity contribution in [2.75, 3.05) is 6.54 Å². The van der Waals surface area contributed by atoms with E-state index >= 15 is 0 Å². The van der Waals surface area contributed by atoms with E-state index in [1.807, 2.05) is 0 Å². The third kappa shape index (κ3) is 4.50. The van der Waals surface area contributed by atoms with Gasteiger partial charge in [0.15, 0.2) is 0 Å². The summed E-state index contributed by atoms with van der Waals surface area (Å²) in [6.07, 6.45) is 8.36. The Labute approximate surface area is 148 Å². The minimum absolute atomic E-state index is 0.117. The maximum Gasteiger partial charge on any atom is 0.251 e. The largest absolute Gasteiger partial charge is 0.352 e. The number of halogens is 1. The van der Waals surface area contributed by atoms with Crippen LogP contribution in [0.1, 0.15) is 61.7 Å². The van der Waals surface area contributed by atoms with Gasteiger partial charge in [0.2, 0.25) is 5.91 Å². The highest BCUT2D eigenvalue weighted by Gasteiger charge is 2.37. The molecule has 2 fully saturated rings. The summed E-state index contributed by atoms with van der Waals surface area (Å²) < 4.78 is 0. The molecule has 1 aromatic carbocycles. The highest BCUT2D eigenvalue weighted by atomic mass is 35.5. The van der Waals surface area contributed by atoms with E-state index in [2.05, 4.69) is 10.2 Å². The van der Waals surface area contributed by atoms with Crippen LogP contribution in [0.25, 0.3) is 0 Å². The number of nitrogens with zero attached hydrogens (tertiary/aromatic N) is 1. The predicted octanol–water partition coefficient (Wildman–Crippen LogP) is 3.78. The van der Waals surface area contributed by atoms with Crippen LogP contribution < -0.4 is 5.32 Å². The third-order valence-electron chi connectivity index (χ3n) is 4.91. The Hall–Kier alpha value is -1.55. The molecule has 5 heteroatoms. The molecular weight excluding hydrogens is 324 g/mol. The molecule has 2 aliphatic rings. The summed E-state index contributed by atoms with van der Waals surface area (Å²) in [7, 11) is 0. The average Bonchev–Trinajstić information content (AvgIpc) is 3.26. The first-order valence-corrected chi connectivity index (χ1v) is 9.38. The Morgan fingerprint density at radius 2 is 1.67 bits per heavy atom. The summed E-state index contributed by atoms with van der Waals surface area (Å²) in [5, 5.41) is 3.49. The van der Waals surface area contributed by atoms with Crippen LogP contribution in [0.3, 0.4) is 0 Å². The van der Waals surface area contributed by atoms with Gasteiger partial charge in [-0.3, -0.25) is 9.59 Å². The second-order valence-electron chi connectivity index (χ2n) is 6.84. The molecule has 0 bridgehead atoms. The predicted molar refractivity (Wildman–Crippen MR) is 95.1 cm³/mol. The Kier molecular flexibility index (Phi) is 5.77. The van der Waals surface area contributed by atoms with Crippen molar-refractivity contribution in [2.45, 2.75) is 63.5 Å². The number of carbonyl (C=O) groups excluding carboxylic acids is 2. The maximum atomic E-state index is 12.6. The molecule has 0 aromatic heterocycles. The third-order valence-corrected chi connectivity index (χ3v) is 5.16. The van der Waals surface area contributed by atoms with E-state index < -0.39 is 0 Å². The van der Waals surface area contributed by atoms with Crippen LogP contribution in [0.5, 0.6) is 0 Å². The lowest BCUT2D eigenvalue weighted by Gasteiger charge is -2.29. The fraction of sp³-hybridized carbons (Fsp3) is 0.579. The van der Waals surface area contributed by atoms with Crippen LogP contribution in [0, 0.1) is 0 Å². The summed E-state index contributed by atoms with van der Waals surface area (Å²) in [6, 6.07) is 7.78. The summed E-state index contributed by atoms with van der Waals surface area (Å²) >= 11 is 5.82. The fourth-order valence-corrected chi connectivity index (χ4v) is 3.64. The van der Waals surface area contributed by atoms with Crippen LogP contribution in [-0.2, 0) is 4.79 Å². The van der Waals surface area contributed by atoms with Crippen molar-refractivity contribution in [1.82, 2.24) is 10.2 Å². The normalized spacial score (nSPS) is 17.7. The molecule has 0 unspecified atom stereocenters. The summed E-state index contributed by atoms with van der Waals surface area (Å²) in [4.78, 5) is 26.7. The smallest absolute Gasteiger partial charge is 0.251 e. The Balaban J connectivity index is 1.41. The minimum atomic E-state index is -0.117. The van der Waals surface area contributed by atoms with Crippen molar-refractivity contribution < 1.29 is 9.59 Å².